The molecule has 90 valence electrons. The number of nitrogens with two attached hydrogens (primary N) is 1. The third-order valence-electron chi connectivity index (χ3n) is 2.00. The van der Waals surface area contributed by atoms with Gasteiger partial charge in [-0.15, -0.1) is 0 Å². The van der Waals surface area contributed by atoms with Crippen LogP contribution in [0.1, 0.15) is 0 Å². The summed E-state index contributed by atoms with van der Waals surface area (Å²) in [5.74, 6) is 0.0150. The third kappa shape index (κ3) is 2.23. The topological polar surface area (TPSA) is 131 Å². The van der Waals surface area contributed by atoms with Gasteiger partial charge in [-0.25, -0.2) is 4.98 Å². The molecule has 9 heteroatoms. The van der Waals surface area contributed by atoms with Crippen molar-refractivity contribution in [3.8, 4) is 0 Å². The monoisotopic (exact) mass is 238 g/mol. The van der Waals surface area contributed by atoms with Gasteiger partial charge < -0.3 is 15.7 Å². The number of hydrogen-bond acceptors (Lipinski definition) is 7. The number of nitrogens with one attached hydrogen (secondary N) is 1. The van der Waals surface area contributed by atoms with Crippen LogP contribution in [0.3, 0.4) is 0 Å². The van der Waals surface area contributed by atoms with Gasteiger partial charge in [0.1, 0.15) is 6.73 Å². The third-order valence-corrected chi connectivity index (χ3v) is 2.00. The lowest BCUT2D eigenvalue weighted by molar-refractivity contribution is 0.111. The molecule has 2 aromatic heterocycles. The molecule has 0 aliphatic heterocycles. The number of H-pyrrole nitrogens is 1. The fourth-order valence-electron chi connectivity index (χ4n) is 1.30. The van der Waals surface area contributed by atoms with Gasteiger partial charge in [0.25, 0.3) is 5.56 Å². The van der Waals surface area contributed by atoms with E-state index in [1.54, 1.807) is 0 Å². The number of imidazole rings is 1. The number of fused-ring (bicyclic) bond motifs is 1. The molecule has 9 nitrogen and oxygen atoms in total. The molecule has 0 radical (unpaired) electrons. The Morgan fingerprint density at radius 1 is 1.71 bits per heavy atom. The van der Waals surface area contributed by atoms with Crippen molar-refractivity contribution in [2.45, 2.75) is 6.73 Å². The van der Waals surface area contributed by atoms with Crippen molar-refractivity contribution in [1.82, 2.24) is 19.5 Å². The first kappa shape index (κ1) is 11.1. The molecule has 0 bridgehead atoms. The smallest absolute Gasteiger partial charge is 0.280 e. The lowest BCUT2D eigenvalue weighted by Gasteiger charge is -2.02. The van der Waals surface area contributed by atoms with E-state index in [1.165, 1.54) is 17.1 Å². The standard InChI is InChI=1S/C8H10N6O3/c9-8-12-6-5(7(15)13-8)10-3-14(6)4-17-2-1-11-16/h1,3,16H,2,4H2,(H3,9,12,13,15). The summed E-state index contributed by atoms with van der Waals surface area (Å²) in [5.41, 5.74) is 5.56. The Hall–Kier alpha value is -2.42. The van der Waals surface area contributed by atoms with Crippen LogP contribution >= 0.6 is 0 Å². The van der Waals surface area contributed by atoms with Gasteiger partial charge in [-0.2, -0.15) is 4.98 Å². The van der Waals surface area contributed by atoms with E-state index in [-0.39, 0.29) is 24.8 Å². The number of ether oxygens (including phenoxy) is 1. The van der Waals surface area contributed by atoms with E-state index in [1.807, 2.05) is 0 Å². The molecule has 0 atom stereocenters. The maximum absolute atomic E-state index is 11.4. The summed E-state index contributed by atoms with van der Waals surface area (Å²) in [5, 5.41) is 10.9. The highest BCUT2D eigenvalue weighted by atomic mass is 16.5. The molecule has 2 heterocycles. The first-order valence-corrected chi connectivity index (χ1v) is 4.66. The summed E-state index contributed by atoms with van der Waals surface area (Å²) in [7, 11) is 0. The van der Waals surface area contributed by atoms with Gasteiger partial charge in [0, 0.05) is 0 Å². The van der Waals surface area contributed by atoms with Crippen molar-refractivity contribution in [1.29, 1.82) is 0 Å². The number of nitrogen functional groups attached to an aromatic ring is 1. The fraction of sp³-hybridized carbons (Fsp3) is 0.250. The Morgan fingerprint density at radius 3 is 3.29 bits per heavy atom. The number of anilines is 1. The number of rotatable bonds is 4. The molecule has 0 aromatic carbocycles. The highest BCUT2D eigenvalue weighted by molar-refractivity contribution is 5.70. The minimum absolute atomic E-state index is 0.0150. The second-order valence-corrected chi connectivity index (χ2v) is 3.14. The number of aromatic amines is 1. The Morgan fingerprint density at radius 2 is 2.53 bits per heavy atom. The maximum atomic E-state index is 11.4. The van der Waals surface area contributed by atoms with Gasteiger partial charge in [0.05, 0.1) is 19.1 Å². The molecule has 4 N–H and O–H groups in total. The molecule has 0 aliphatic carbocycles. The second-order valence-electron chi connectivity index (χ2n) is 3.14. The van der Waals surface area contributed by atoms with Crippen LogP contribution in [-0.2, 0) is 11.5 Å². The number of nitrogens with zero attached hydrogens (tertiary/aromatic N) is 4. The zero-order chi connectivity index (χ0) is 12.3. The van der Waals surface area contributed by atoms with Crippen LogP contribution in [0.5, 0.6) is 0 Å². The summed E-state index contributed by atoms with van der Waals surface area (Å²) in [6, 6.07) is 0. The van der Waals surface area contributed by atoms with Gasteiger partial charge in [-0.1, -0.05) is 5.16 Å². The van der Waals surface area contributed by atoms with Gasteiger partial charge >= 0.3 is 0 Å². The zero-order valence-corrected chi connectivity index (χ0v) is 8.70. The summed E-state index contributed by atoms with van der Waals surface area (Å²) in [6.45, 7) is 0.257. The van der Waals surface area contributed by atoms with Crippen LogP contribution in [0.25, 0.3) is 11.2 Å². The number of hydrogen-bond donors (Lipinski definition) is 3. The molecule has 0 fully saturated rings. The fourth-order valence-corrected chi connectivity index (χ4v) is 1.30. The molecular weight excluding hydrogens is 228 g/mol. The van der Waals surface area contributed by atoms with Crippen molar-refractivity contribution >= 4 is 23.3 Å². The molecule has 2 aromatic rings. The largest absolute Gasteiger partial charge is 0.411 e. The van der Waals surface area contributed by atoms with Crippen molar-refractivity contribution in [3.05, 3.63) is 16.7 Å². The molecule has 17 heavy (non-hydrogen) atoms. The van der Waals surface area contributed by atoms with Gasteiger partial charge in [-0.05, 0) is 0 Å². The zero-order valence-electron chi connectivity index (χ0n) is 8.70. The van der Waals surface area contributed by atoms with E-state index in [0.717, 1.165) is 0 Å². The van der Waals surface area contributed by atoms with E-state index in [4.69, 9.17) is 15.7 Å². The SMILES string of the molecule is Nc1nc2c(ncn2COCC=NO)c(=O)[nH]1. The highest BCUT2D eigenvalue weighted by Gasteiger charge is 2.08. The normalized spacial score (nSPS) is 11.5. The van der Waals surface area contributed by atoms with Crippen molar-refractivity contribution in [2.75, 3.05) is 12.3 Å². The van der Waals surface area contributed by atoms with Crippen LogP contribution in [0.15, 0.2) is 16.3 Å². The quantitative estimate of drug-likeness (QED) is 0.275. The van der Waals surface area contributed by atoms with E-state index in [0.29, 0.717) is 5.65 Å². The van der Waals surface area contributed by atoms with Crippen LogP contribution in [0.4, 0.5) is 5.95 Å². The van der Waals surface area contributed by atoms with E-state index < -0.39 is 5.56 Å². The average Bonchev–Trinajstić information content (AvgIpc) is 2.68. The van der Waals surface area contributed by atoms with Crippen LogP contribution in [0, 0.1) is 0 Å². The van der Waals surface area contributed by atoms with E-state index >= 15 is 0 Å². The Balaban J connectivity index is 2.26. The van der Waals surface area contributed by atoms with E-state index in [9.17, 15) is 4.79 Å². The molecule has 0 amide bonds. The molecule has 0 spiro atoms. The summed E-state index contributed by atoms with van der Waals surface area (Å²) >= 11 is 0. The van der Waals surface area contributed by atoms with E-state index in [2.05, 4.69) is 20.1 Å². The molecule has 0 saturated heterocycles. The van der Waals surface area contributed by atoms with Gasteiger partial charge in [0.15, 0.2) is 11.2 Å². The molecule has 0 aliphatic rings. The maximum Gasteiger partial charge on any atom is 0.280 e. The minimum Gasteiger partial charge on any atom is -0.411 e. The molecule has 0 saturated carbocycles. The first-order chi connectivity index (χ1) is 8.22. The minimum atomic E-state index is -0.400. The first-order valence-electron chi connectivity index (χ1n) is 4.66. The second kappa shape index (κ2) is 4.61. The van der Waals surface area contributed by atoms with Crippen LogP contribution < -0.4 is 11.3 Å². The Kier molecular flexibility index (Phi) is 3.01. The summed E-state index contributed by atoms with van der Waals surface area (Å²) in [6.07, 6.45) is 2.61. The van der Waals surface area contributed by atoms with Crippen LogP contribution in [0.2, 0.25) is 0 Å². The predicted octanol–water partition coefficient (Wildman–Crippen LogP) is -0.864. The molecular formula is C8H10N6O3. The van der Waals surface area contributed by atoms with Gasteiger partial charge in [-0.3, -0.25) is 14.3 Å². The predicted molar refractivity (Wildman–Crippen MR) is 58.8 cm³/mol. The Labute approximate surface area is 94.5 Å². The number of oxime groups is 1. The van der Waals surface area contributed by atoms with Crippen molar-refractivity contribution in [2.24, 2.45) is 5.16 Å². The number of aromatic nitrogens is 4. The molecule has 2 rings (SSSR count). The molecule has 0 unspecified atom stereocenters. The highest BCUT2D eigenvalue weighted by Crippen LogP contribution is 2.05. The lowest BCUT2D eigenvalue weighted by Crippen LogP contribution is -2.12. The van der Waals surface area contributed by atoms with Crippen LogP contribution in [-0.4, -0.2) is 37.5 Å². The average molecular weight is 238 g/mol. The van der Waals surface area contributed by atoms with Crippen molar-refractivity contribution < 1.29 is 9.94 Å². The lowest BCUT2D eigenvalue weighted by atomic mass is 10.5. The Bertz CT molecular complexity index is 601. The summed E-state index contributed by atoms with van der Waals surface area (Å²) in [4.78, 5) is 21.6. The van der Waals surface area contributed by atoms with Gasteiger partial charge in [0.2, 0.25) is 5.95 Å². The summed E-state index contributed by atoms with van der Waals surface area (Å²) < 4.78 is 6.65. The van der Waals surface area contributed by atoms with Crippen molar-refractivity contribution in [3.63, 3.8) is 0 Å².